The van der Waals surface area contributed by atoms with E-state index in [4.69, 9.17) is 0 Å². The van der Waals surface area contributed by atoms with Crippen molar-refractivity contribution in [2.75, 3.05) is 11.9 Å². The normalized spacial score (nSPS) is 16.7. The Bertz CT molecular complexity index is 973. The third-order valence-electron chi connectivity index (χ3n) is 5.81. The Kier molecular flexibility index (Phi) is 5.03. The number of nitrogens with zero attached hydrogens (tertiary/aromatic N) is 2. The van der Waals surface area contributed by atoms with Crippen LogP contribution in [-0.2, 0) is 24.8 Å². The maximum Gasteiger partial charge on any atom is 0.254 e. The number of hydrogen-bond acceptors (Lipinski definition) is 3. The SMILES string of the molecule is Cn1cc2c(cc1=O)CCN(C(=O)c1cccc(NC(=O)C3CCCC3)c1)C2. The summed E-state index contributed by atoms with van der Waals surface area (Å²) in [7, 11) is 1.72. The van der Waals surface area contributed by atoms with Gasteiger partial charge in [-0.1, -0.05) is 18.9 Å². The molecule has 2 aliphatic rings. The van der Waals surface area contributed by atoms with Crippen molar-refractivity contribution in [3.05, 3.63) is 63.6 Å². The number of carbonyl (C=O) groups excluding carboxylic acids is 2. The van der Waals surface area contributed by atoms with Crippen LogP contribution < -0.4 is 10.9 Å². The van der Waals surface area contributed by atoms with E-state index < -0.39 is 0 Å². The number of hydrogen-bond donors (Lipinski definition) is 1. The second-order valence-electron chi connectivity index (χ2n) is 7.80. The minimum Gasteiger partial charge on any atom is -0.334 e. The molecule has 0 bridgehead atoms. The predicted octanol–water partition coefficient (Wildman–Crippen LogP) is 2.71. The van der Waals surface area contributed by atoms with E-state index in [9.17, 15) is 14.4 Å². The van der Waals surface area contributed by atoms with Crippen LogP contribution in [0.1, 0.15) is 47.2 Å². The fraction of sp³-hybridized carbons (Fsp3) is 0.409. The van der Waals surface area contributed by atoms with Crippen molar-refractivity contribution in [2.24, 2.45) is 13.0 Å². The first kappa shape index (κ1) is 18.5. The molecule has 1 aliphatic heterocycles. The van der Waals surface area contributed by atoms with E-state index >= 15 is 0 Å². The number of aromatic nitrogens is 1. The fourth-order valence-electron chi connectivity index (χ4n) is 4.16. The highest BCUT2D eigenvalue weighted by molar-refractivity contribution is 5.97. The maximum atomic E-state index is 13.0. The molecule has 2 heterocycles. The number of fused-ring (bicyclic) bond motifs is 1. The van der Waals surface area contributed by atoms with Crippen molar-refractivity contribution in [2.45, 2.75) is 38.6 Å². The summed E-state index contributed by atoms with van der Waals surface area (Å²) in [6.07, 6.45) is 6.60. The largest absolute Gasteiger partial charge is 0.334 e. The molecule has 0 atom stereocenters. The highest BCUT2D eigenvalue weighted by Gasteiger charge is 2.24. The quantitative estimate of drug-likeness (QED) is 0.891. The highest BCUT2D eigenvalue weighted by atomic mass is 16.2. The lowest BCUT2D eigenvalue weighted by molar-refractivity contribution is -0.119. The first-order valence-electron chi connectivity index (χ1n) is 9.90. The summed E-state index contributed by atoms with van der Waals surface area (Å²) < 4.78 is 1.55. The van der Waals surface area contributed by atoms with Crippen LogP contribution in [0, 0.1) is 5.92 Å². The molecule has 1 aromatic carbocycles. The molecule has 0 spiro atoms. The average Bonchev–Trinajstić information content (AvgIpc) is 3.23. The summed E-state index contributed by atoms with van der Waals surface area (Å²) in [4.78, 5) is 39.0. The van der Waals surface area contributed by atoms with Crippen LogP contribution in [0.4, 0.5) is 5.69 Å². The third-order valence-corrected chi connectivity index (χ3v) is 5.81. The van der Waals surface area contributed by atoms with Gasteiger partial charge in [0.15, 0.2) is 0 Å². The molecule has 1 saturated carbocycles. The molecule has 1 aliphatic carbocycles. The van der Waals surface area contributed by atoms with Crippen LogP contribution in [0.15, 0.2) is 41.3 Å². The zero-order chi connectivity index (χ0) is 19.7. The molecular formula is C22H25N3O3. The molecule has 1 aromatic heterocycles. The van der Waals surface area contributed by atoms with Gasteiger partial charge in [-0.2, -0.15) is 0 Å². The molecule has 0 saturated heterocycles. The first-order valence-corrected chi connectivity index (χ1v) is 9.90. The average molecular weight is 379 g/mol. The zero-order valence-corrected chi connectivity index (χ0v) is 16.1. The maximum absolute atomic E-state index is 13.0. The van der Waals surface area contributed by atoms with Crippen LogP contribution >= 0.6 is 0 Å². The number of nitrogens with one attached hydrogen (secondary N) is 1. The van der Waals surface area contributed by atoms with E-state index in [1.54, 1.807) is 40.8 Å². The van der Waals surface area contributed by atoms with Gasteiger partial charge < -0.3 is 14.8 Å². The summed E-state index contributed by atoms with van der Waals surface area (Å²) in [6, 6.07) is 8.83. The molecule has 0 radical (unpaired) electrons. The smallest absolute Gasteiger partial charge is 0.254 e. The monoisotopic (exact) mass is 379 g/mol. The van der Waals surface area contributed by atoms with Crippen molar-refractivity contribution in [1.29, 1.82) is 0 Å². The van der Waals surface area contributed by atoms with Crippen LogP contribution in [-0.4, -0.2) is 27.8 Å². The van der Waals surface area contributed by atoms with Gasteiger partial charge in [0.2, 0.25) is 5.91 Å². The van der Waals surface area contributed by atoms with Gasteiger partial charge in [0.25, 0.3) is 11.5 Å². The molecule has 2 amide bonds. The van der Waals surface area contributed by atoms with Gasteiger partial charge in [0.05, 0.1) is 0 Å². The molecule has 1 N–H and O–H groups in total. The molecule has 1 fully saturated rings. The standard InChI is InChI=1S/C22H25N3O3/c1-24-13-18-14-25(10-9-16(18)12-20(24)26)22(28)17-7-4-8-19(11-17)23-21(27)15-5-2-3-6-15/h4,7-8,11-13,15H,2-3,5-6,9-10,14H2,1H3,(H,23,27). The summed E-state index contributed by atoms with van der Waals surface area (Å²) in [5, 5.41) is 2.96. The summed E-state index contributed by atoms with van der Waals surface area (Å²) in [5.41, 5.74) is 3.24. The zero-order valence-electron chi connectivity index (χ0n) is 16.1. The van der Waals surface area contributed by atoms with E-state index in [2.05, 4.69) is 5.32 Å². The van der Waals surface area contributed by atoms with E-state index in [0.717, 1.165) is 36.8 Å². The topological polar surface area (TPSA) is 71.4 Å². The van der Waals surface area contributed by atoms with Gasteiger partial charge in [-0.25, -0.2) is 0 Å². The summed E-state index contributed by atoms with van der Waals surface area (Å²) in [5.74, 6) is 0.0796. The van der Waals surface area contributed by atoms with Crippen LogP contribution in [0.2, 0.25) is 0 Å². The van der Waals surface area contributed by atoms with E-state index in [-0.39, 0.29) is 23.3 Å². The van der Waals surface area contributed by atoms with Crippen molar-refractivity contribution in [3.63, 3.8) is 0 Å². The Morgan fingerprint density at radius 3 is 2.68 bits per heavy atom. The van der Waals surface area contributed by atoms with Gasteiger partial charge in [-0.3, -0.25) is 14.4 Å². The lowest BCUT2D eigenvalue weighted by Gasteiger charge is -2.29. The summed E-state index contributed by atoms with van der Waals surface area (Å²) in [6.45, 7) is 1.07. The second-order valence-corrected chi connectivity index (χ2v) is 7.80. The Labute approximate surface area is 164 Å². The van der Waals surface area contributed by atoms with Crippen molar-refractivity contribution >= 4 is 17.5 Å². The Morgan fingerprint density at radius 2 is 1.89 bits per heavy atom. The Morgan fingerprint density at radius 1 is 1.11 bits per heavy atom. The molecule has 2 aromatic rings. The molecule has 6 heteroatoms. The lowest BCUT2D eigenvalue weighted by atomic mass is 10.0. The van der Waals surface area contributed by atoms with Gasteiger partial charge in [0.1, 0.15) is 0 Å². The third kappa shape index (κ3) is 3.72. The predicted molar refractivity (Wildman–Crippen MR) is 107 cm³/mol. The number of benzene rings is 1. The van der Waals surface area contributed by atoms with Gasteiger partial charge in [-0.15, -0.1) is 0 Å². The van der Waals surface area contributed by atoms with Crippen LogP contribution in [0.25, 0.3) is 0 Å². The van der Waals surface area contributed by atoms with Gasteiger partial charge in [-0.05, 0) is 48.6 Å². The van der Waals surface area contributed by atoms with Gasteiger partial charge >= 0.3 is 0 Å². The van der Waals surface area contributed by atoms with Gasteiger partial charge in [0, 0.05) is 49.6 Å². The number of aryl methyl sites for hydroxylation is 1. The number of anilines is 1. The molecule has 146 valence electrons. The molecule has 0 unspecified atom stereocenters. The highest BCUT2D eigenvalue weighted by Crippen LogP contribution is 2.26. The van der Waals surface area contributed by atoms with Crippen molar-refractivity contribution < 1.29 is 9.59 Å². The van der Waals surface area contributed by atoms with Crippen molar-refractivity contribution in [3.8, 4) is 0 Å². The minimum atomic E-state index is -0.0588. The summed E-state index contributed by atoms with van der Waals surface area (Å²) >= 11 is 0. The van der Waals surface area contributed by atoms with E-state index in [1.807, 2.05) is 12.3 Å². The Hall–Kier alpha value is -2.89. The second kappa shape index (κ2) is 7.62. The van der Waals surface area contributed by atoms with Crippen LogP contribution in [0.3, 0.4) is 0 Å². The fourth-order valence-corrected chi connectivity index (χ4v) is 4.16. The Balaban J connectivity index is 1.48. The first-order chi connectivity index (χ1) is 13.5. The van der Waals surface area contributed by atoms with Crippen LogP contribution in [0.5, 0.6) is 0 Å². The molecule has 6 nitrogen and oxygen atoms in total. The number of amides is 2. The molecule has 4 rings (SSSR count). The molecular weight excluding hydrogens is 354 g/mol. The number of pyridine rings is 1. The lowest BCUT2D eigenvalue weighted by Crippen LogP contribution is -2.37. The van der Waals surface area contributed by atoms with Crippen molar-refractivity contribution in [1.82, 2.24) is 9.47 Å². The number of carbonyl (C=O) groups is 2. The molecule has 28 heavy (non-hydrogen) atoms. The number of rotatable bonds is 3. The minimum absolute atomic E-state index is 0.0239. The van der Waals surface area contributed by atoms with E-state index in [0.29, 0.717) is 30.8 Å². The van der Waals surface area contributed by atoms with E-state index in [1.165, 1.54) is 0 Å².